The number of rotatable bonds is 6. The molecule has 0 aliphatic rings. The molecular formula is C7H14NO5P. The smallest absolute Gasteiger partial charge is 0.356 e. The lowest BCUT2D eigenvalue weighted by molar-refractivity contribution is -0.116. The standard InChI is InChI=1S/C7H14NO5P/c1-8-7(9)5-4-6-13-14(10,11-2)12-3/h4-5H,6H2,1-3H3,(H,8,9)/b5-4+. The van der Waals surface area contributed by atoms with E-state index in [1.807, 2.05) is 0 Å². The summed E-state index contributed by atoms with van der Waals surface area (Å²) in [6.07, 6.45) is 2.67. The molecule has 0 atom stereocenters. The first-order valence-corrected chi connectivity index (χ1v) is 5.28. The third-order valence-corrected chi connectivity index (χ3v) is 2.65. The van der Waals surface area contributed by atoms with Crippen LogP contribution in [0.25, 0.3) is 0 Å². The SMILES string of the molecule is CNC(=O)/C=C/COP(=O)(OC)OC. The Labute approximate surface area is 82.8 Å². The highest BCUT2D eigenvalue weighted by Crippen LogP contribution is 2.47. The molecular weight excluding hydrogens is 209 g/mol. The highest BCUT2D eigenvalue weighted by Gasteiger charge is 2.21. The lowest BCUT2D eigenvalue weighted by Crippen LogP contribution is -2.14. The molecule has 6 nitrogen and oxygen atoms in total. The molecule has 7 heteroatoms. The molecule has 0 heterocycles. The minimum Gasteiger partial charge on any atom is -0.356 e. The summed E-state index contributed by atoms with van der Waals surface area (Å²) in [4.78, 5) is 10.7. The van der Waals surface area contributed by atoms with Gasteiger partial charge in [-0.2, -0.15) is 0 Å². The average Bonchev–Trinajstić information content (AvgIpc) is 2.23. The molecule has 0 unspecified atom stereocenters. The van der Waals surface area contributed by atoms with Gasteiger partial charge in [0, 0.05) is 27.3 Å². The van der Waals surface area contributed by atoms with Crippen molar-refractivity contribution in [2.75, 3.05) is 27.9 Å². The van der Waals surface area contributed by atoms with E-state index in [1.165, 1.54) is 33.4 Å². The van der Waals surface area contributed by atoms with Crippen LogP contribution in [0.4, 0.5) is 0 Å². The summed E-state index contributed by atoms with van der Waals surface area (Å²) in [5.41, 5.74) is 0. The normalized spacial score (nSPS) is 11.9. The second kappa shape index (κ2) is 6.73. The number of phosphoric acid groups is 1. The molecule has 0 saturated carbocycles. The molecule has 0 aromatic rings. The van der Waals surface area contributed by atoms with Gasteiger partial charge in [-0.25, -0.2) is 4.57 Å². The Balaban J connectivity index is 3.89. The van der Waals surface area contributed by atoms with E-state index in [1.54, 1.807) is 0 Å². The molecule has 0 aromatic heterocycles. The van der Waals surface area contributed by atoms with Crippen molar-refractivity contribution in [3.63, 3.8) is 0 Å². The van der Waals surface area contributed by atoms with E-state index in [2.05, 4.69) is 14.4 Å². The van der Waals surface area contributed by atoms with E-state index < -0.39 is 7.82 Å². The van der Waals surface area contributed by atoms with Crippen LogP contribution >= 0.6 is 7.82 Å². The van der Waals surface area contributed by atoms with Crippen LogP contribution in [0.2, 0.25) is 0 Å². The first-order valence-electron chi connectivity index (χ1n) is 3.82. The number of carbonyl (C=O) groups excluding carboxylic acids is 1. The molecule has 0 fully saturated rings. The highest BCUT2D eigenvalue weighted by molar-refractivity contribution is 7.48. The zero-order valence-corrected chi connectivity index (χ0v) is 9.24. The molecule has 82 valence electrons. The summed E-state index contributed by atoms with van der Waals surface area (Å²) in [5, 5.41) is 2.38. The number of hydrogen-bond acceptors (Lipinski definition) is 5. The van der Waals surface area contributed by atoms with Crippen LogP contribution in [0.5, 0.6) is 0 Å². The van der Waals surface area contributed by atoms with Gasteiger partial charge in [0.05, 0.1) is 6.61 Å². The van der Waals surface area contributed by atoms with Gasteiger partial charge in [0.1, 0.15) is 0 Å². The van der Waals surface area contributed by atoms with Gasteiger partial charge in [-0.05, 0) is 0 Å². The Morgan fingerprint density at radius 3 is 2.43 bits per heavy atom. The summed E-state index contributed by atoms with van der Waals surface area (Å²) >= 11 is 0. The molecule has 0 radical (unpaired) electrons. The van der Waals surface area contributed by atoms with E-state index in [0.717, 1.165) is 0 Å². The van der Waals surface area contributed by atoms with Crippen molar-refractivity contribution < 1.29 is 22.9 Å². The van der Waals surface area contributed by atoms with E-state index in [0.29, 0.717) is 0 Å². The number of amides is 1. The maximum Gasteiger partial charge on any atom is 0.474 e. The van der Waals surface area contributed by atoms with Crippen LogP contribution in [-0.2, 0) is 22.9 Å². The summed E-state index contributed by atoms with van der Waals surface area (Å²) in [6, 6.07) is 0. The van der Waals surface area contributed by atoms with Crippen molar-refractivity contribution in [2.45, 2.75) is 0 Å². The van der Waals surface area contributed by atoms with E-state index in [9.17, 15) is 9.36 Å². The number of hydrogen-bond donors (Lipinski definition) is 1. The Bertz CT molecular complexity index is 244. The topological polar surface area (TPSA) is 73.9 Å². The summed E-state index contributed by atoms with van der Waals surface area (Å²) in [5.74, 6) is -0.265. The lowest BCUT2D eigenvalue weighted by atomic mass is 10.5. The van der Waals surface area contributed by atoms with Crippen LogP contribution in [0, 0.1) is 0 Å². The monoisotopic (exact) mass is 223 g/mol. The number of likely N-dealkylation sites (N-methyl/N-ethyl adjacent to an activating group) is 1. The average molecular weight is 223 g/mol. The molecule has 0 aromatic carbocycles. The van der Waals surface area contributed by atoms with Gasteiger partial charge in [-0.3, -0.25) is 18.4 Å². The Morgan fingerprint density at radius 1 is 1.43 bits per heavy atom. The van der Waals surface area contributed by atoms with Crippen LogP contribution in [-0.4, -0.2) is 33.8 Å². The Morgan fingerprint density at radius 2 is 2.00 bits per heavy atom. The van der Waals surface area contributed by atoms with Crippen molar-refractivity contribution >= 4 is 13.7 Å². The highest BCUT2D eigenvalue weighted by atomic mass is 31.2. The Kier molecular flexibility index (Phi) is 6.40. The first-order chi connectivity index (χ1) is 6.58. The molecule has 0 aliphatic heterocycles. The van der Waals surface area contributed by atoms with Crippen molar-refractivity contribution in [1.29, 1.82) is 0 Å². The van der Waals surface area contributed by atoms with E-state index >= 15 is 0 Å². The van der Waals surface area contributed by atoms with E-state index in [4.69, 9.17) is 4.52 Å². The van der Waals surface area contributed by atoms with Crippen LogP contribution in [0.15, 0.2) is 12.2 Å². The van der Waals surface area contributed by atoms with Crippen molar-refractivity contribution in [3.05, 3.63) is 12.2 Å². The summed E-state index contributed by atoms with van der Waals surface area (Å²) < 4.78 is 25.0. The minimum atomic E-state index is -3.43. The summed E-state index contributed by atoms with van der Waals surface area (Å²) in [7, 11) is 0.500. The van der Waals surface area contributed by atoms with Crippen molar-refractivity contribution in [1.82, 2.24) is 5.32 Å². The molecule has 0 rings (SSSR count). The predicted octanol–water partition coefficient (Wildman–Crippen LogP) is 0.706. The fraction of sp³-hybridized carbons (Fsp3) is 0.571. The fourth-order valence-electron chi connectivity index (χ4n) is 0.553. The molecule has 1 amide bonds. The molecule has 0 aliphatic carbocycles. The van der Waals surface area contributed by atoms with Crippen LogP contribution < -0.4 is 5.32 Å². The second-order valence-electron chi connectivity index (χ2n) is 2.12. The number of nitrogens with one attached hydrogen (secondary N) is 1. The van der Waals surface area contributed by atoms with Gasteiger partial charge in [0.25, 0.3) is 0 Å². The largest absolute Gasteiger partial charge is 0.474 e. The molecule has 14 heavy (non-hydrogen) atoms. The zero-order chi connectivity index (χ0) is 11.0. The third-order valence-electron chi connectivity index (χ3n) is 1.29. The maximum atomic E-state index is 11.3. The van der Waals surface area contributed by atoms with E-state index in [-0.39, 0.29) is 12.5 Å². The van der Waals surface area contributed by atoms with Crippen molar-refractivity contribution in [2.24, 2.45) is 0 Å². The third kappa shape index (κ3) is 5.14. The molecule has 0 bridgehead atoms. The first kappa shape index (κ1) is 13.3. The lowest BCUT2D eigenvalue weighted by Gasteiger charge is -2.11. The van der Waals surface area contributed by atoms with Crippen molar-refractivity contribution in [3.8, 4) is 0 Å². The number of carbonyl (C=O) groups is 1. The van der Waals surface area contributed by atoms with Gasteiger partial charge in [0.2, 0.25) is 5.91 Å². The predicted molar refractivity (Wildman–Crippen MR) is 50.8 cm³/mol. The maximum absolute atomic E-state index is 11.3. The van der Waals surface area contributed by atoms with Gasteiger partial charge >= 0.3 is 7.82 Å². The number of phosphoric ester groups is 1. The quantitative estimate of drug-likeness (QED) is 0.530. The van der Waals surface area contributed by atoms with Gasteiger partial charge in [0.15, 0.2) is 0 Å². The van der Waals surface area contributed by atoms with Crippen LogP contribution in [0.1, 0.15) is 0 Å². The second-order valence-corrected chi connectivity index (χ2v) is 4.01. The summed E-state index contributed by atoms with van der Waals surface area (Å²) in [6.45, 7) is -0.0215. The van der Waals surface area contributed by atoms with Gasteiger partial charge in [-0.1, -0.05) is 6.08 Å². The van der Waals surface area contributed by atoms with Gasteiger partial charge in [-0.15, -0.1) is 0 Å². The Hall–Kier alpha value is -0.680. The molecule has 0 spiro atoms. The zero-order valence-electron chi connectivity index (χ0n) is 8.35. The fourth-order valence-corrected chi connectivity index (χ4v) is 1.18. The van der Waals surface area contributed by atoms with Crippen LogP contribution in [0.3, 0.4) is 0 Å². The van der Waals surface area contributed by atoms with Gasteiger partial charge < -0.3 is 5.32 Å². The minimum absolute atomic E-state index is 0.0215. The molecule has 0 saturated heterocycles. The molecule has 1 N–H and O–H groups in total.